The molecule has 0 aromatic heterocycles. The van der Waals surface area contributed by atoms with Crippen molar-refractivity contribution in [2.24, 2.45) is 0 Å². The zero-order valence-electron chi connectivity index (χ0n) is 11.4. The van der Waals surface area contributed by atoms with Crippen molar-refractivity contribution in [1.29, 1.82) is 0 Å². The van der Waals surface area contributed by atoms with Crippen molar-refractivity contribution in [2.75, 3.05) is 0 Å². The lowest BCUT2D eigenvalue weighted by molar-refractivity contribution is -0.140. The molecule has 0 unspecified atom stereocenters. The highest BCUT2D eigenvalue weighted by Gasteiger charge is 2.35. The van der Waals surface area contributed by atoms with Crippen LogP contribution in [0.1, 0.15) is 11.1 Å². The van der Waals surface area contributed by atoms with Gasteiger partial charge in [-0.1, -0.05) is 12.1 Å². The summed E-state index contributed by atoms with van der Waals surface area (Å²) in [5, 5.41) is 0. The third kappa shape index (κ3) is 4.26. The molecule has 0 aliphatic carbocycles. The van der Waals surface area contributed by atoms with Crippen molar-refractivity contribution < 1.29 is 30.4 Å². The third-order valence-electron chi connectivity index (χ3n) is 2.93. The van der Waals surface area contributed by atoms with Gasteiger partial charge in [0.25, 0.3) is 0 Å². The Balaban J connectivity index is 2.24. The predicted molar refractivity (Wildman–Crippen MR) is 71.8 cm³/mol. The lowest BCUT2D eigenvalue weighted by Gasteiger charge is -2.11. The second kappa shape index (κ2) is 6.25. The largest absolute Gasteiger partial charge is 0.419 e. The third-order valence-corrected chi connectivity index (χ3v) is 4.33. The first-order valence-corrected chi connectivity index (χ1v) is 7.69. The van der Waals surface area contributed by atoms with Gasteiger partial charge in [-0.05, 0) is 35.9 Å². The van der Waals surface area contributed by atoms with Gasteiger partial charge in [0.2, 0.25) is 10.0 Å². The second-order valence-corrected chi connectivity index (χ2v) is 6.36. The number of hydrogen-bond donors (Lipinski definition) is 1. The van der Waals surface area contributed by atoms with Crippen LogP contribution in [0.2, 0.25) is 0 Å². The molecule has 2 rings (SSSR count). The van der Waals surface area contributed by atoms with E-state index in [-0.39, 0.29) is 12.6 Å². The van der Waals surface area contributed by atoms with Crippen LogP contribution in [-0.2, 0) is 22.7 Å². The number of rotatable bonds is 4. The van der Waals surface area contributed by atoms with Crippen LogP contribution < -0.4 is 4.72 Å². The SMILES string of the molecule is O=S(=O)(NCc1ccc(F)cc1)c1ccc(F)c(C(F)(F)F)c1. The molecule has 2 aromatic carbocycles. The molecule has 0 aliphatic rings. The lowest BCUT2D eigenvalue weighted by atomic mass is 10.2. The molecule has 0 saturated heterocycles. The van der Waals surface area contributed by atoms with Crippen LogP contribution in [0.15, 0.2) is 47.4 Å². The monoisotopic (exact) mass is 351 g/mol. The van der Waals surface area contributed by atoms with Crippen molar-refractivity contribution in [2.45, 2.75) is 17.6 Å². The number of sulfonamides is 1. The second-order valence-electron chi connectivity index (χ2n) is 4.59. The number of alkyl halides is 3. The maximum atomic E-state index is 13.2. The van der Waals surface area contributed by atoms with Crippen LogP contribution in [-0.4, -0.2) is 8.42 Å². The maximum Gasteiger partial charge on any atom is 0.419 e. The van der Waals surface area contributed by atoms with Crippen molar-refractivity contribution >= 4 is 10.0 Å². The summed E-state index contributed by atoms with van der Waals surface area (Å²) in [6, 6.07) is 6.27. The molecule has 0 atom stereocenters. The van der Waals surface area contributed by atoms with Gasteiger partial charge in [-0.3, -0.25) is 0 Å². The van der Waals surface area contributed by atoms with E-state index < -0.39 is 38.3 Å². The van der Waals surface area contributed by atoms with Crippen LogP contribution >= 0.6 is 0 Å². The molecule has 9 heteroatoms. The highest BCUT2D eigenvalue weighted by Crippen LogP contribution is 2.32. The first kappa shape index (κ1) is 17.4. The Hall–Kier alpha value is -2.00. The fraction of sp³-hybridized carbons (Fsp3) is 0.143. The van der Waals surface area contributed by atoms with E-state index in [0.29, 0.717) is 11.6 Å². The van der Waals surface area contributed by atoms with Gasteiger partial charge in [-0.25, -0.2) is 21.9 Å². The summed E-state index contributed by atoms with van der Waals surface area (Å²) in [6.07, 6.45) is -5.01. The molecular weight excluding hydrogens is 341 g/mol. The summed E-state index contributed by atoms with van der Waals surface area (Å²) in [5.41, 5.74) is -1.25. The highest BCUT2D eigenvalue weighted by atomic mass is 32.2. The molecule has 1 N–H and O–H groups in total. The van der Waals surface area contributed by atoms with Gasteiger partial charge in [0.1, 0.15) is 11.6 Å². The number of benzene rings is 2. The standard InChI is InChI=1S/C14H10F5NO2S/c15-10-3-1-9(2-4-10)8-20-23(21,22)11-5-6-13(16)12(7-11)14(17,18)19/h1-7,20H,8H2. The Morgan fingerprint density at radius 3 is 2.13 bits per heavy atom. The summed E-state index contributed by atoms with van der Waals surface area (Å²) in [7, 11) is -4.28. The first-order valence-electron chi connectivity index (χ1n) is 6.20. The minimum atomic E-state index is -5.01. The zero-order valence-corrected chi connectivity index (χ0v) is 12.2. The Morgan fingerprint density at radius 1 is 0.957 bits per heavy atom. The van der Waals surface area contributed by atoms with Crippen LogP contribution in [0.5, 0.6) is 0 Å². The number of hydrogen-bond acceptors (Lipinski definition) is 2. The van der Waals surface area contributed by atoms with Crippen molar-refractivity contribution in [3.63, 3.8) is 0 Å². The summed E-state index contributed by atoms with van der Waals surface area (Å²) in [6.45, 7) is -0.249. The predicted octanol–water partition coefficient (Wildman–Crippen LogP) is 3.46. The van der Waals surface area contributed by atoms with Crippen LogP contribution in [0.4, 0.5) is 22.0 Å². The van der Waals surface area contributed by atoms with Crippen LogP contribution in [0, 0.1) is 11.6 Å². The van der Waals surface area contributed by atoms with Gasteiger partial charge < -0.3 is 0 Å². The van der Waals surface area contributed by atoms with E-state index in [2.05, 4.69) is 4.72 Å². The molecule has 2 aromatic rings. The normalized spacial score (nSPS) is 12.4. The van der Waals surface area contributed by atoms with Gasteiger partial charge in [-0.15, -0.1) is 0 Å². The van der Waals surface area contributed by atoms with Crippen LogP contribution in [0.25, 0.3) is 0 Å². The lowest BCUT2D eigenvalue weighted by Crippen LogP contribution is -2.24. The van der Waals surface area contributed by atoms with E-state index in [9.17, 15) is 30.4 Å². The fourth-order valence-corrected chi connectivity index (χ4v) is 2.80. The molecule has 3 nitrogen and oxygen atoms in total. The van der Waals surface area contributed by atoms with Crippen molar-refractivity contribution in [3.05, 3.63) is 65.2 Å². The van der Waals surface area contributed by atoms with Crippen molar-refractivity contribution in [3.8, 4) is 0 Å². The molecule has 0 aliphatic heterocycles. The molecule has 124 valence electrons. The fourth-order valence-electron chi connectivity index (χ4n) is 1.75. The Bertz CT molecular complexity index is 801. The van der Waals surface area contributed by atoms with E-state index in [1.165, 1.54) is 12.1 Å². The first-order chi connectivity index (χ1) is 10.6. The smallest absolute Gasteiger partial charge is 0.207 e. The molecule has 0 radical (unpaired) electrons. The highest BCUT2D eigenvalue weighted by molar-refractivity contribution is 7.89. The Kier molecular flexibility index (Phi) is 4.71. The van der Waals surface area contributed by atoms with Gasteiger partial charge >= 0.3 is 6.18 Å². The molecule has 0 fully saturated rings. The molecule has 0 spiro atoms. The minimum Gasteiger partial charge on any atom is -0.207 e. The number of halogens is 5. The summed E-state index contributed by atoms with van der Waals surface area (Å²) in [4.78, 5) is -0.715. The topological polar surface area (TPSA) is 46.2 Å². The average Bonchev–Trinajstić information content (AvgIpc) is 2.46. The maximum absolute atomic E-state index is 13.2. The summed E-state index contributed by atoms with van der Waals surface area (Å²) in [5.74, 6) is -2.07. The Labute approximate surface area is 128 Å². The number of nitrogens with one attached hydrogen (secondary N) is 1. The molecule has 0 saturated carbocycles. The molecular formula is C14H10F5NO2S. The van der Waals surface area contributed by atoms with Crippen molar-refractivity contribution in [1.82, 2.24) is 4.72 Å². The molecule has 0 bridgehead atoms. The molecule has 0 amide bonds. The summed E-state index contributed by atoms with van der Waals surface area (Å²) >= 11 is 0. The van der Waals surface area contributed by atoms with E-state index in [0.717, 1.165) is 18.2 Å². The summed E-state index contributed by atoms with van der Waals surface area (Å²) < 4.78 is 89.8. The van der Waals surface area contributed by atoms with Gasteiger partial charge in [0.05, 0.1) is 10.5 Å². The zero-order chi connectivity index (χ0) is 17.3. The minimum absolute atomic E-state index is 0.225. The molecule has 23 heavy (non-hydrogen) atoms. The van der Waals surface area contributed by atoms with Gasteiger partial charge in [0, 0.05) is 6.54 Å². The van der Waals surface area contributed by atoms with E-state index in [4.69, 9.17) is 0 Å². The van der Waals surface area contributed by atoms with Gasteiger partial charge in [-0.2, -0.15) is 13.2 Å². The average molecular weight is 351 g/mol. The Morgan fingerprint density at radius 2 is 1.57 bits per heavy atom. The quantitative estimate of drug-likeness (QED) is 0.858. The van der Waals surface area contributed by atoms with Gasteiger partial charge in [0.15, 0.2) is 0 Å². The van der Waals surface area contributed by atoms with E-state index in [1.54, 1.807) is 0 Å². The molecule has 0 heterocycles. The van der Waals surface area contributed by atoms with Crippen LogP contribution in [0.3, 0.4) is 0 Å². The van der Waals surface area contributed by atoms with E-state index in [1.807, 2.05) is 0 Å². The van der Waals surface area contributed by atoms with E-state index >= 15 is 0 Å².